The molecular formula is C18H18BrN3O4. The summed E-state index contributed by atoms with van der Waals surface area (Å²) < 4.78 is 0.297. The van der Waals surface area contributed by atoms with Crippen molar-refractivity contribution in [1.29, 1.82) is 0 Å². The van der Waals surface area contributed by atoms with Crippen molar-refractivity contribution in [2.75, 3.05) is 18.4 Å². The standard InChI is InChI=1S/C18H18BrN3O4/c1-3-21(4-2)18(24)13-6-5-7-14(10-13)20-17(23)12-8-9-15(19)16(11-12)22(25)26/h5-11H,3-4H2,1-2H3,(H,20,23). The van der Waals surface area contributed by atoms with Crippen molar-refractivity contribution in [2.45, 2.75) is 13.8 Å². The molecule has 0 aliphatic rings. The molecule has 0 unspecified atom stereocenters. The summed E-state index contributed by atoms with van der Waals surface area (Å²) in [6.45, 7) is 4.98. The highest BCUT2D eigenvalue weighted by Gasteiger charge is 2.17. The Kier molecular flexibility index (Phi) is 6.46. The molecule has 0 saturated heterocycles. The first-order valence-corrected chi connectivity index (χ1v) is 8.81. The number of anilines is 1. The van der Waals surface area contributed by atoms with Crippen LogP contribution in [-0.2, 0) is 0 Å². The summed E-state index contributed by atoms with van der Waals surface area (Å²) >= 11 is 3.08. The van der Waals surface area contributed by atoms with Gasteiger partial charge in [0.25, 0.3) is 17.5 Å². The Morgan fingerprint density at radius 1 is 1.12 bits per heavy atom. The van der Waals surface area contributed by atoms with E-state index in [0.717, 1.165) is 0 Å². The van der Waals surface area contributed by atoms with Gasteiger partial charge in [-0.1, -0.05) is 6.07 Å². The molecule has 7 nitrogen and oxygen atoms in total. The second-order valence-electron chi connectivity index (χ2n) is 5.44. The Morgan fingerprint density at radius 3 is 2.42 bits per heavy atom. The molecule has 0 fully saturated rings. The average molecular weight is 420 g/mol. The van der Waals surface area contributed by atoms with Gasteiger partial charge in [-0.25, -0.2) is 0 Å². The second kappa shape index (κ2) is 8.57. The predicted octanol–water partition coefficient (Wildman–Crippen LogP) is 4.09. The lowest BCUT2D eigenvalue weighted by Crippen LogP contribution is -2.30. The first-order valence-electron chi connectivity index (χ1n) is 8.02. The van der Waals surface area contributed by atoms with Crippen LogP contribution in [-0.4, -0.2) is 34.7 Å². The zero-order chi connectivity index (χ0) is 19.3. The van der Waals surface area contributed by atoms with Gasteiger partial charge in [0.05, 0.1) is 9.40 Å². The third-order valence-electron chi connectivity index (χ3n) is 3.82. The molecule has 26 heavy (non-hydrogen) atoms. The molecule has 2 amide bonds. The summed E-state index contributed by atoms with van der Waals surface area (Å²) in [5.74, 6) is -0.613. The molecule has 0 heterocycles. The van der Waals surface area contributed by atoms with Gasteiger partial charge in [0.1, 0.15) is 0 Å². The van der Waals surface area contributed by atoms with E-state index in [2.05, 4.69) is 21.2 Å². The Labute approximate surface area is 159 Å². The normalized spacial score (nSPS) is 10.3. The van der Waals surface area contributed by atoms with Gasteiger partial charge >= 0.3 is 0 Å². The van der Waals surface area contributed by atoms with Crippen LogP contribution in [0.4, 0.5) is 11.4 Å². The summed E-state index contributed by atoms with van der Waals surface area (Å²) in [7, 11) is 0. The molecule has 8 heteroatoms. The number of nitro benzene ring substituents is 1. The van der Waals surface area contributed by atoms with E-state index in [9.17, 15) is 19.7 Å². The maximum absolute atomic E-state index is 12.4. The van der Waals surface area contributed by atoms with E-state index in [1.54, 1.807) is 29.2 Å². The number of benzene rings is 2. The lowest BCUT2D eigenvalue weighted by Gasteiger charge is -2.19. The fourth-order valence-electron chi connectivity index (χ4n) is 2.42. The van der Waals surface area contributed by atoms with E-state index < -0.39 is 10.8 Å². The SMILES string of the molecule is CCN(CC)C(=O)c1cccc(NC(=O)c2ccc(Br)c([N+](=O)[O-])c2)c1. The number of rotatable bonds is 6. The average Bonchev–Trinajstić information content (AvgIpc) is 2.62. The number of hydrogen-bond donors (Lipinski definition) is 1. The molecule has 0 bridgehead atoms. The van der Waals surface area contributed by atoms with E-state index in [-0.39, 0.29) is 17.2 Å². The molecule has 0 atom stereocenters. The van der Waals surface area contributed by atoms with E-state index >= 15 is 0 Å². The molecule has 136 valence electrons. The molecule has 0 radical (unpaired) electrons. The molecule has 0 aliphatic carbocycles. The lowest BCUT2D eigenvalue weighted by molar-refractivity contribution is -0.385. The summed E-state index contributed by atoms with van der Waals surface area (Å²) in [6.07, 6.45) is 0. The third kappa shape index (κ3) is 4.45. The van der Waals surface area contributed by atoms with Crippen LogP contribution in [0.3, 0.4) is 0 Å². The van der Waals surface area contributed by atoms with E-state index in [0.29, 0.717) is 28.8 Å². The molecule has 2 aromatic rings. The minimum atomic E-state index is -0.565. The quantitative estimate of drug-likeness (QED) is 0.563. The highest BCUT2D eigenvalue weighted by Crippen LogP contribution is 2.26. The summed E-state index contributed by atoms with van der Waals surface area (Å²) in [5, 5.41) is 13.7. The maximum Gasteiger partial charge on any atom is 0.284 e. The van der Waals surface area contributed by atoms with Crippen LogP contribution in [0.5, 0.6) is 0 Å². The number of halogens is 1. The molecule has 0 aromatic heterocycles. The van der Waals surface area contributed by atoms with Crippen molar-refractivity contribution in [3.05, 3.63) is 68.2 Å². The van der Waals surface area contributed by atoms with Crippen molar-refractivity contribution in [3.8, 4) is 0 Å². The highest BCUT2D eigenvalue weighted by atomic mass is 79.9. The molecule has 2 rings (SSSR count). The van der Waals surface area contributed by atoms with E-state index in [1.165, 1.54) is 18.2 Å². The van der Waals surface area contributed by atoms with Crippen molar-refractivity contribution in [3.63, 3.8) is 0 Å². The smallest absolute Gasteiger partial charge is 0.284 e. The summed E-state index contributed by atoms with van der Waals surface area (Å²) in [5.41, 5.74) is 0.871. The number of amides is 2. The molecule has 2 aromatic carbocycles. The molecule has 1 N–H and O–H groups in total. The Bertz CT molecular complexity index is 850. The number of hydrogen-bond acceptors (Lipinski definition) is 4. The fourth-order valence-corrected chi connectivity index (χ4v) is 2.81. The Hall–Kier alpha value is -2.74. The molecular weight excluding hydrogens is 402 g/mol. The zero-order valence-electron chi connectivity index (χ0n) is 14.4. The van der Waals surface area contributed by atoms with Crippen LogP contribution < -0.4 is 5.32 Å². The van der Waals surface area contributed by atoms with Crippen LogP contribution >= 0.6 is 15.9 Å². The van der Waals surface area contributed by atoms with Crippen LogP contribution in [0.25, 0.3) is 0 Å². The van der Waals surface area contributed by atoms with E-state index in [4.69, 9.17) is 0 Å². The summed E-state index contributed by atoms with van der Waals surface area (Å²) in [6, 6.07) is 10.7. The van der Waals surface area contributed by atoms with Crippen molar-refractivity contribution >= 4 is 39.1 Å². The highest BCUT2D eigenvalue weighted by molar-refractivity contribution is 9.10. The Balaban J connectivity index is 2.22. The topological polar surface area (TPSA) is 92.6 Å². The van der Waals surface area contributed by atoms with Crippen LogP contribution in [0.1, 0.15) is 34.6 Å². The van der Waals surface area contributed by atoms with E-state index in [1.807, 2.05) is 13.8 Å². The monoisotopic (exact) mass is 419 g/mol. The van der Waals surface area contributed by atoms with Crippen LogP contribution in [0, 0.1) is 10.1 Å². The molecule has 0 spiro atoms. The largest absolute Gasteiger partial charge is 0.339 e. The minimum Gasteiger partial charge on any atom is -0.339 e. The zero-order valence-corrected chi connectivity index (χ0v) is 15.9. The number of nitrogens with zero attached hydrogens (tertiary/aromatic N) is 2. The van der Waals surface area contributed by atoms with Gasteiger partial charge in [-0.15, -0.1) is 0 Å². The van der Waals surface area contributed by atoms with Crippen molar-refractivity contribution in [2.24, 2.45) is 0 Å². The van der Waals surface area contributed by atoms with Crippen LogP contribution in [0.2, 0.25) is 0 Å². The molecule has 0 aliphatic heterocycles. The van der Waals surface area contributed by atoms with Crippen LogP contribution in [0.15, 0.2) is 46.9 Å². The minimum absolute atomic E-state index is 0.120. The summed E-state index contributed by atoms with van der Waals surface area (Å²) in [4.78, 5) is 36.9. The van der Waals surface area contributed by atoms with Gasteiger partial charge in [0.2, 0.25) is 0 Å². The van der Waals surface area contributed by atoms with Crippen molar-refractivity contribution < 1.29 is 14.5 Å². The maximum atomic E-state index is 12.4. The van der Waals surface area contributed by atoms with Gasteiger partial charge in [0, 0.05) is 36.0 Å². The van der Waals surface area contributed by atoms with Gasteiger partial charge in [-0.2, -0.15) is 0 Å². The number of carbonyl (C=O) groups is 2. The van der Waals surface area contributed by atoms with Gasteiger partial charge in [-0.3, -0.25) is 19.7 Å². The van der Waals surface area contributed by atoms with Crippen molar-refractivity contribution in [1.82, 2.24) is 4.90 Å². The Morgan fingerprint density at radius 2 is 1.81 bits per heavy atom. The van der Waals surface area contributed by atoms with Gasteiger partial charge in [0.15, 0.2) is 0 Å². The number of nitro groups is 1. The first-order chi connectivity index (χ1) is 12.4. The first kappa shape index (κ1) is 19.6. The van der Waals surface area contributed by atoms with Gasteiger partial charge < -0.3 is 10.2 Å². The fraction of sp³-hybridized carbons (Fsp3) is 0.222. The predicted molar refractivity (Wildman–Crippen MR) is 102 cm³/mol. The molecule has 0 saturated carbocycles. The number of carbonyl (C=O) groups excluding carboxylic acids is 2. The third-order valence-corrected chi connectivity index (χ3v) is 4.49. The number of nitrogens with one attached hydrogen (secondary N) is 1. The lowest BCUT2D eigenvalue weighted by atomic mass is 10.1. The second-order valence-corrected chi connectivity index (χ2v) is 6.29. The van der Waals surface area contributed by atoms with Gasteiger partial charge in [-0.05, 0) is 60.1 Å².